The predicted molar refractivity (Wildman–Crippen MR) is 141 cm³/mol. The van der Waals surface area contributed by atoms with Crippen molar-refractivity contribution in [1.29, 1.82) is 0 Å². The molecule has 0 radical (unpaired) electrons. The van der Waals surface area contributed by atoms with Gasteiger partial charge in [-0.25, -0.2) is 5.48 Å². The average molecular weight is 511 g/mol. The van der Waals surface area contributed by atoms with Gasteiger partial charge in [-0.15, -0.1) is 12.4 Å². The Hall–Kier alpha value is -2.42. The number of rotatable bonds is 13. The van der Waals surface area contributed by atoms with Crippen LogP contribution < -0.4 is 16.6 Å². The lowest BCUT2D eigenvalue weighted by atomic mass is 9.82. The molecule has 0 fully saturated rings. The molecule has 9 heteroatoms. The molecule has 3 atom stereocenters. The molecule has 0 aliphatic carbocycles. The maximum Gasteiger partial charge on any atom is 0.257 e. The van der Waals surface area contributed by atoms with Crippen LogP contribution in [0.1, 0.15) is 65.9 Å². The third-order valence-electron chi connectivity index (χ3n) is 5.47. The average Bonchev–Trinajstić information content (AvgIpc) is 2.79. The molecule has 35 heavy (non-hydrogen) atoms. The Labute approximate surface area is 216 Å². The number of carbonyl (C=O) groups excluding carboxylic acids is 3. The first-order valence-electron chi connectivity index (χ1n) is 12.1. The van der Waals surface area contributed by atoms with Crippen molar-refractivity contribution in [2.45, 2.75) is 66.3 Å². The van der Waals surface area contributed by atoms with Crippen LogP contribution in [0.3, 0.4) is 0 Å². The third-order valence-corrected chi connectivity index (χ3v) is 5.47. The molecule has 0 bridgehead atoms. The highest BCUT2D eigenvalue weighted by Gasteiger charge is 2.35. The lowest BCUT2D eigenvalue weighted by Crippen LogP contribution is -2.56. The second-order valence-corrected chi connectivity index (χ2v) is 9.58. The molecular formula is C26H43ClN4O4. The molecule has 3 amide bonds. The molecule has 0 spiro atoms. The second kappa shape index (κ2) is 17.1. The van der Waals surface area contributed by atoms with Crippen molar-refractivity contribution in [2.75, 3.05) is 6.54 Å². The maximum atomic E-state index is 13.4. The Morgan fingerprint density at radius 1 is 1.03 bits per heavy atom. The zero-order valence-corrected chi connectivity index (χ0v) is 22.4. The number of amides is 3. The largest absolute Gasteiger partial charge is 0.320 e. The summed E-state index contributed by atoms with van der Waals surface area (Å²) in [5.41, 5.74) is 11.5. The zero-order chi connectivity index (χ0) is 25.7. The van der Waals surface area contributed by atoms with E-state index in [2.05, 4.69) is 5.43 Å². The van der Waals surface area contributed by atoms with E-state index in [-0.39, 0.29) is 36.6 Å². The topological polar surface area (TPSA) is 125 Å². The van der Waals surface area contributed by atoms with Crippen LogP contribution in [0.5, 0.6) is 0 Å². The minimum atomic E-state index is -0.812. The van der Waals surface area contributed by atoms with Crippen LogP contribution in [0.15, 0.2) is 36.4 Å². The lowest BCUT2D eigenvalue weighted by molar-refractivity contribution is -0.148. The molecule has 1 rings (SSSR count). The van der Waals surface area contributed by atoms with Gasteiger partial charge in [0.2, 0.25) is 11.8 Å². The first-order valence-corrected chi connectivity index (χ1v) is 12.1. The van der Waals surface area contributed by atoms with E-state index in [9.17, 15) is 19.6 Å². The van der Waals surface area contributed by atoms with E-state index in [1.807, 2.05) is 77.1 Å². The molecule has 1 aromatic carbocycles. The number of halogens is 1. The fourth-order valence-electron chi connectivity index (χ4n) is 3.82. The van der Waals surface area contributed by atoms with Gasteiger partial charge in [0.15, 0.2) is 0 Å². The van der Waals surface area contributed by atoms with Gasteiger partial charge in [-0.2, -0.15) is 0 Å². The predicted octanol–water partition coefficient (Wildman–Crippen LogP) is 3.94. The van der Waals surface area contributed by atoms with Gasteiger partial charge < -0.3 is 5.73 Å². The molecule has 0 aliphatic rings. The number of allylic oxidation sites excluding steroid dienone is 1. The highest BCUT2D eigenvalue weighted by molar-refractivity contribution is 5.89. The lowest BCUT2D eigenvalue weighted by Gasteiger charge is -2.31. The van der Waals surface area contributed by atoms with Gasteiger partial charge in [-0.3, -0.25) is 30.0 Å². The highest BCUT2D eigenvalue weighted by atomic mass is 35.5. The smallest absolute Gasteiger partial charge is 0.257 e. The molecule has 1 aromatic rings. The van der Waals surface area contributed by atoms with E-state index in [0.29, 0.717) is 19.4 Å². The summed E-state index contributed by atoms with van der Waals surface area (Å²) in [5, 5.41) is 10.7. The minimum absolute atomic E-state index is 0. The van der Waals surface area contributed by atoms with Gasteiger partial charge in [0.1, 0.15) is 0 Å². The summed E-state index contributed by atoms with van der Waals surface area (Å²) in [6.07, 6.45) is 5.62. The Morgan fingerprint density at radius 2 is 1.66 bits per heavy atom. The van der Waals surface area contributed by atoms with Gasteiger partial charge in [0.05, 0.1) is 17.9 Å². The van der Waals surface area contributed by atoms with Gasteiger partial charge in [0.25, 0.3) is 5.91 Å². The summed E-state index contributed by atoms with van der Waals surface area (Å²) < 4.78 is 0. The normalized spacial score (nSPS) is 13.7. The monoisotopic (exact) mass is 510 g/mol. The molecule has 0 aromatic heterocycles. The second-order valence-electron chi connectivity index (χ2n) is 9.58. The first-order chi connectivity index (χ1) is 16.1. The summed E-state index contributed by atoms with van der Waals surface area (Å²) >= 11 is 0. The van der Waals surface area contributed by atoms with Crippen molar-refractivity contribution in [3.05, 3.63) is 42.0 Å². The maximum absolute atomic E-state index is 13.4. The number of nitrogens with two attached hydrogens (primary N) is 1. The van der Waals surface area contributed by atoms with E-state index >= 15 is 0 Å². The standard InChI is InChI=1S/C26H42N4O4.ClH/c1-6-11-23(27)26(33)30(17-19(4)5)28-24(31)22(16-18(2)3)21(25(32)29-34)15-10-14-20-12-8-7-9-13-20;/h7-10,12-14,18-19,21-23,34H,6,11,15-17,27H2,1-5H3,(H,28,31)(H,29,32);1H/b14-10+;/t21-,22+,23+;/m0./s1. The van der Waals surface area contributed by atoms with E-state index < -0.39 is 29.7 Å². The summed E-state index contributed by atoms with van der Waals surface area (Å²) in [6.45, 7) is 10.1. The Bertz CT molecular complexity index is 802. The van der Waals surface area contributed by atoms with Crippen molar-refractivity contribution >= 4 is 36.2 Å². The van der Waals surface area contributed by atoms with E-state index in [4.69, 9.17) is 5.73 Å². The van der Waals surface area contributed by atoms with Crippen LogP contribution in [0.2, 0.25) is 0 Å². The van der Waals surface area contributed by atoms with Gasteiger partial charge >= 0.3 is 0 Å². The molecule has 198 valence electrons. The molecule has 0 saturated heterocycles. The molecule has 5 N–H and O–H groups in total. The van der Waals surface area contributed by atoms with Crippen molar-refractivity contribution in [2.24, 2.45) is 29.4 Å². The number of benzene rings is 1. The van der Waals surface area contributed by atoms with Gasteiger partial charge in [-0.1, -0.05) is 83.5 Å². The van der Waals surface area contributed by atoms with E-state index in [1.54, 1.807) is 5.48 Å². The van der Waals surface area contributed by atoms with Gasteiger partial charge in [0, 0.05) is 6.54 Å². The first kappa shape index (κ1) is 32.6. The number of nitrogens with one attached hydrogen (secondary N) is 2. The molecular weight excluding hydrogens is 468 g/mol. The van der Waals surface area contributed by atoms with Crippen LogP contribution in [0, 0.1) is 23.7 Å². The molecule has 0 unspecified atom stereocenters. The van der Waals surface area contributed by atoms with Crippen LogP contribution in [-0.2, 0) is 14.4 Å². The van der Waals surface area contributed by atoms with Crippen LogP contribution in [0.25, 0.3) is 6.08 Å². The Morgan fingerprint density at radius 3 is 2.17 bits per heavy atom. The number of hydrogen-bond donors (Lipinski definition) is 4. The zero-order valence-electron chi connectivity index (χ0n) is 21.6. The number of hydrogen-bond acceptors (Lipinski definition) is 5. The fraction of sp³-hybridized carbons (Fsp3) is 0.577. The van der Waals surface area contributed by atoms with Crippen LogP contribution in [-0.4, -0.2) is 40.5 Å². The molecule has 0 saturated carbocycles. The van der Waals surface area contributed by atoms with Crippen molar-refractivity contribution < 1.29 is 19.6 Å². The third kappa shape index (κ3) is 11.7. The van der Waals surface area contributed by atoms with E-state index in [0.717, 1.165) is 12.0 Å². The summed E-state index contributed by atoms with van der Waals surface area (Å²) in [4.78, 5) is 38.9. The summed E-state index contributed by atoms with van der Waals surface area (Å²) in [5.74, 6) is -2.77. The minimum Gasteiger partial charge on any atom is -0.320 e. The van der Waals surface area contributed by atoms with Crippen LogP contribution in [0.4, 0.5) is 0 Å². The van der Waals surface area contributed by atoms with Crippen molar-refractivity contribution in [3.8, 4) is 0 Å². The Kier molecular flexibility index (Phi) is 15.9. The molecule has 8 nitrogen and oxygen atoms in total. The summed E-state index contributed by atoms with van der Waals surface area (Å²) in [6, 6.07) is 8.90. The van der Waals surface area contributed by atoms with Crippen molar-refractivity contribution in [1.82, 2.24) is 15.9 Å². The summed E-state index contributed by atoms with van der Waals surface area (Å²) in [7, 11) is 0. The Balaban J connectivity index is 0.0000116. The van der Waals surface area contributed by atoms with E-state index in [1.165, 1.54) is 5.01 Å². The van der Waals surface area contributed by atoms with Crippen molar-refractivity contribution in [3.63, 3.8) is 0 Å². The number of hydrazine groups is 1. The molecule has 0 aliphatic heterocycles. The highest BCUT2D eigenvalue weighted by Crippen LogP contribution is 2.26. The number of hydroxylamine groups is 1. The number of carbonyl (C=O) groups is 3. The van der Waals surface area contributed by atoms with Gasteiger partial charge in [-0.05, 0) is 36.7 Å². The molecule has 0 heterocycles. The fourth-order valence-corrected chi connectivity index (χ4v) is 3.82. The number of nitrogens with zero attached hydrogens (tertiary/aromatic N) is 1. The quantitative estimate of drug-likeness (QED) is 0.236. The SMILES string of the molecule is CCC[C@@H](N)C(=O)N(CC(C)C)NC(=O)[C@H](CC(C)C)[C@H](C/C=C/c1ccccc1)C(=O)NO.Cl. The van der Waals surface area contributed by atoms with Crippen LogP contribution >= 0.6 is 12.4 Å².